The molecule has 0 saturated heterocycles. The lowest BCUT2D eigenvalue weighted by atomic mass is 9.89. The van der Waals surface area contributed by atoms with Gasteiger partial charge in [0.1, 0.15) is 5.75 Å². The van der Waals surface area contributed by atoms with Crippen LogP contribution in [0, 0.1) is 0 Å². The number of para-hydroxylation sites is 2. The number of carbonyl (C=O) groups excluding carboxylic acids is 1. The van der Waals surface area contributed by atoms with Crippen molar-refractivity contribution in [3.8, 4) is 5.75 Å². The van der Waals surface area contributed by atoms with E-state index >= 15 is 0 Å². The Bertz CT molecular complexity index is 1020. The van der Waals surface area contributed by atoms with Crippen LogP contribution in [0.4, 0.5) is 14.5 Å². The summed E-state index contributed by atoms with van der Waals surface area (Å²) in [6, 6.07) is 16.7. The van der Waals surface area contributed by atoms with Crippen LogP contribution in [0.1, 0.15) is 40.5 Å². The predicted molar refractivity (Wildman–Crippen MR) is 119 cm³/mol. The zero-order valence-corrected chi connectivity index (χ0v) is 17.8. The number of aryl methyl sites for hydroxylation is 2. The van der Waals surface area contributed by atoms with E-state index in [0.717, 1.165) is 23.3 Å². The lowest BCUT2D eigenvalue weighted by Gasteiger charge is -2.22. The van der Waals surface area contributed by atoms with Crippen LogP contribution in [-0.4, -0.2) is 19.1 Å². The predicted octanol–water partition coefficient (Wildman–Crippen LogP) is 5.55. The third kappa shape index (κ3) is 5.48. The van der Waals surface area contributed by atoms with E-state index in [1.54, 1.807) is 23.5 Å². The maximum absolute atomic E-state index is 12.6. The van der Waals surface area contributed by atoms with Crippen LogP contribution < -0.4 is 15.4 Å². The number of carbonyl (C=O) groups is 1. The van der Waals surface area contributed by atoms with Gasteiger partial charge >= 0.3 is 6.61 Å². The summed E-state index contributed by atoms with van der Waals surface area (Å²) < 4.78 is 29.7. The lowest BCUT2D eigenvalue weighted by Crippen LogP contribution is -2.31. The molecule has 0 spiro atoms. The van der Waals surface area contributed by atoms with Gasteiger partial charge in [0.2, 0.25) is 5.91 Å². The van der Waals surface area contributed by atoms with Crippen molar-refractivity contribution in [3.05, 3.63) is 81.5 Å². The number of halogens is 2. The number of amides is 1. The first-order valence-electron chi connectivity index (χ1n) is 10.3. The SMILES string of the molecule is O=C(CNC(c1ccc2c(c1)CCCC2)c1cccs1)Nc1ccccc1OC(F)F. The maximum atomic E-state index is 12.6. The van der Waals surface area contributed by atoms with E-state index in [1.807, 2.05) is 17.5 Å². The quantitative estimate of drug-likeness (QED) is 0.481. The first-order valence-corrected chi connectivity index (χ1v) is 11.2. The highest BCUT2D eigenvalue weighted by Gasteiger charge is 2.19. The van der Waals surface area contributed by atoms with Crippen molar-refractivity contribution in [1.29, 1.82) is 0 Å². The Hall–Kier alpha value is -2.77. The van der Waals surface area contributed by atoms with Gasteiger partial charge in [-0.3, -0.25) is 10.1 Å². The number of alkyl halides is 2. The Labute approximate surface area is 184 Å². The molecule has 1 aliphatic rings. The first-order chi connectivity index (χ1) is 15.1. The zero-order chi connectivity index (χ0) is 21.6. The van der Waals surface area contributed by atoms with E-state index in [1.165, 1.54) is 36.1 Å². The molecule has 0 saturated carbocycles. The molecule has 4 nitrogen and oxygen atoms in total. The standard InChI is InChI=1S/C24H24F2N2O2S/c25-24(26)30-20-9-4-3-8-19(20)28-22(29)15-27-23(21-10-5-13-31-21)18-12-11-16-6-1-2-7-17(16)14-18/h3-5,8-14,23-24,27H,1-2,6-7,15H2,(H,28,29). The van der Waals surface area contributed by atoms with Gasteiger partial charge in [0, 0.05) is 4.88 Å². The molecule has 0 fully saturated rings. The van der Waals surface area contributed by atoms with E-state index in [4.69, 9.17) is 0 Å². The summed E-state index contributed by atoms with van der Waals surface area (Å²) in [5.41, 5.74) is 4.14. The fraction of sp³-hybridized carbons (Fsp3) is 0.292. The molecule has 7 heteroatoms. The minimum absolute atomic E-state index is 0.0304. The van der Waals surface area contributed by atoms with Gasteiger partial charge in [-0.1, -0.05) is 36.4 Å². The topological polar surface area (TPSA) is 50.4 Å². The molecule has 2 aromatic carbocycles. The highest BCUT2D eigenvalue weighted by molar-refractivity contribution is 7.10. The van der Waals surface area contributed by atoms with Crippen molar-refractivity contribution in [2.24, 2.45) is 0 Å². The minimum atomic E-state index is -2.96. The number of anilines is 1. The number of ether oxygens (including phenoxy) is 1. The normalized spacial score (nSPS) is 14.2. The molecule has 2 N–H and O–H groups in total. The second-order valence-electron chi connectivity index (χ2n) is 7.49. The fourth-order valence-electron chi connectivity index (χ4n) is 3.93. The second-order valence-corrected chi connectivity index (χ2v) is 8.47. The largest absolute Gasteiger partial charge is 0.433 e. The summed E-state index contributed by atoms with van der Waals surface area (Å²) in [6.45, 7) is -2.92. The van der Waals surface area contributed by atoms with Crippen molar-refractivity contribution in [3.63, 3.8) is 0 Å². The third-order valence-electron chi connectivity index (χ3n) is 5.38. The van der Waals surface area contributed by atoms with Gasteiger partial charge < -0.3 is 10.1 Å². The first kappa shape index (κ1) is 21.5. The molecule has 0 aliphatic heterocycles. The molecule has 3 aromatic rings. The monoisotopic (exact) mass is 442 g/mol. The molecule has 0 radical (unpaired) electrons. The summed E-state index contributed by atoms with van der Waals surface area (Å²) in [6.07, 6.45) is 4.64. The van der Waals surface area contributed by atoms with Crippen molar-refractivity contribution in [1.82, 2.24) is 5.32 Å². The van der Waals surface area contributed by atoms with Crippen LogP contribution >= 0.6 is 11.3 Å². The Morgan fingerprint density at radius 1 is 1.03 bits per heavy atom. The molecule has 1 unspecified atom stereocenters. The van der Waals surface area contributed by atoms with Crippen LogP contribution in [0.2, 0.25) is 0 Å². The average molecular weight is 443 g/mol. The number of nitrogens with one attached hydrogen (secondary N) is 2. The van der Waals surface area contributed by atoms with Gasteiger partial charge in [0.05, 0.1) is 18.3 Å². The summed E-state index contributed by atoms with van der Waals surface area (Å²) in [5.74, 6) is -0.389. The smallest absolute Gasteiger partial charge is 0.387 e. The maximum Gasteiger partial charge on any atom is 0.387 e. The van der Waals surface area contributed by atoms with Gasteiger partial charge in [-0.25, -0.2) is 0 Å². The zero-order valence-electron chi connectivity index (χ0n) is 16.9. The molecular formula is C24H24F2N2O2S. The van der Waals surface area contributed by atoms with Crippen molar-refractivity contribution in [2.45, 2.75) is 38.3 Å². The Balaban J connectivity index is 1.47. The van der Waals surface area contributed by atoms with Gasteiger partial charge in [0.25, 0.3) is 0 Å². The minimum Gasteiger partial charge on any atom is -0.433 e. The number of fused-ring (bicyclic) bond motifs is 1. The molecule has 1 heterocycles. The van der Waals surface area contributed by atoms with Crippen LogP contribution in [0.15, 0.2) is 60.0 Å². The van der Waals surface area contributed by atoms with E-state index in [0.29, 0.717) is 0 Å². The molecular weight excluding hydrogens is 418 g/mol. The van der Waals surface area contributed by atoms with E-state index < -0.39 is 6.61 Å². The highest BCUT2D eigenvalue weighted by atomic mass is 32.1. The summed E-state index contributed by atoms with van der Waals surface area (Å²) in [5, 5.41) is 8.01. The number of rotatable bonds is 8. The van der Waals surface area contributed by atoms with Crippen LogP contribution in [0.25, 0.3) is 0 Å². The van der Waals surface area contributed by atoms with Crippen LogP contribution in [0.3, 0.4) is 0 Å². The Kier molecular flexibility index (Phi) is 6.94. The van der Waals surface area contributed by atoms with Crippen LogP contribution in [-0.2, 0) is 17.6 Å². The van der Waals surface area contributed by atoms with Gasteiger partial charge in [0.15, 0.2) is 0 Å². The fourth-order valence-corrected chi connectivity index (χ4v) is 4.76. The molecule has 0 bridgehead atoms. The Morgan fingerprint density at radius 3 is 2.61 bits per heavy atom. The number of benzene rings is 2. The highest BCUT2D eigenvalue weighted by Crippen LogP contribution is 2.30. The lowest BCUT2D eigenvalue weighted by molar-refractivity contribution is -0.115. The molecule has 1 aliphatic carbocycles. The summed E-state index contributed by atoms with van der Waals surface area (Å²) in [4.78, 5) is 13.7. The average Bonchev–Trinajstić information content (AvgIpc) is 3.29. The second kappa shape index (κ2) is 10.0. The van der Waals surface area contributed by atoms with E-state index in [9.17, 15) is 13.6 Å². The van der Waals surface area contributed by atoms with Crippen molar-refractivity contribution < 1.29 is 18.3 Å². The van der Waals surface area contributed by atoms with E-state index in [-0.39, 0.29) is 29.9 Å². The Morgan fingerprint density at radius 2 is 1.84 bits per heavy atom. The molecule has 31 heavy (non-hydrogen) atoms. The third-order valence-corrected chi connectivity index (χ3v) is 6.31. The molecule has 1 atom stereocenters. The number of hydrogen-bond donors (Lipinski definition) is 2. The number of thiophene rings is 1. The van der Waals surface area contributed by atoms with E-state index in [2.05, 4.69) is 33.6 Å². The molecule has 1 amide bonds. The van der Waals surface area contributed by atoms with Gasteiger partial charge in [-0.2, -0.15) is 8.78 Å². The van der Waals surface area contributed by atoms with Gasteiger partial charge in [-0.15, -0.1) is 11.3 Å². The number of hydrogen-bond acceptors (Lipinski definition) is 4. The summed E-state index contributed by atoms with van der Waals surface area (Å²) >= 11 is 1.63. The summed E-state index contributed by atoms with van der Waals surface area (Å²) in [7, 11) is 0. The molecule has 4 rings (SSSR count). The molecule has 162 valence electrons. The van der Waals surface area contributed by atoms with Crippen molar-refractivity contribution >= 4 is 22.9 Å². The van der Waals surface area contributed by atoms with Crippen molar-refractivity contribution in [2.75, 3.05) is 11.9 Å². The molecule has 1 aromatic heterocycles. The van der Waals surface area contributed by atoms with Crippen LogP contribution in [0.5, 0.6) is 5.75 Å². The van der Waals surface area contributed by atoms with Gasteiger partial charge in [-0.05, 0) is 66.0 Å².